The van der Waals surface area contributed by atoms with Crippen molar-refractivity contribution in [2.45, 2.75) is 13.0 Å². The van der Waals surface area contributed by atoms with E-state index < -0.39 is 12.0 Å². The second kappa shape index (κ2) is 5.67. The smallest absolute Gasteiger partial charge is 0.320 e. The van der Waals surface area contributed by atoms with Crippen LogP contribution in [-0.2, 0) is 4.79 Å². The molecular formula is C12H16BrN3O2. The number of pyridine rings is 1. The molecule has 5 nitrogen and oxygen atoms in total. The summed E-state index contributed by atoms with van der Waals surface area (Å²) in [5, 5.41) is 8.97. The van der Waals surface area contributed by atoms with Crippen molar-refractivity contribution in [3.8, 4) is 0 Å². The molecule has 2 heterocycles. The van der Waals surface area contributed by atoms with Crippen molar-refractivity contribution in [1.82, 2.24) is 9.88 Å². The van der Waals surface area contributed by atoms with Gasteiger partial charge in [0.2, 0.25) is 0 Å². The average Bonchev–Trinajstić information content (AvgIpc) is 2.39. The Labute approximate surface area is 115 Å². The maximum absolute atomic E-state index is 10.9. The Morgan fingerprint density at radius 3 is 2.56 bits per heavy atom. The predicted octanol–water partition coefficient (Wildman–Crippen LogP) is 1.44. The molecule has 1 N–H and O–H groups in total. The van der Waals surface area contributed by atoms with Crippen LogP contribution in [0.4, 0.5) is 5.82 Å². The van der Waals surface area contributed by atoms with Crippen LogP contribution in [0.15, 0.2) is 22.8 Å². The summed E-state index contributed by atoms with van der Waals surface area (Å²) in [4.78, 5) is 19.4. The van der Waals surface area contributed by atoms with Gasteiger partial charge in [0.15, 0.2) is 0 Å². The first-order valence-electron chi connectivity index (χ1n) is 5.91. The molecule has 1 saturated heterocycles. The molecule has 0 bridgehead atoms. The van der Waals surface area contributed by atoms with Crippen molar-refractivity contribution in [3.05, 3.63) is 22.8 Å². The van der Waals surface area contributed by atoms with Gasteiger partial charge < -0.3 is 10.0 Å². The molecule has 1 unspecified atom stereocenters. The molecule has 18 heavy (non-hydrogen) atoms. The highest BCUT2D eigenvalue weighted by molar-refractivity contribution is 9.10. The highest BCUT2D eigenvalue weighted by atomic mass is 79.9. The van der Waals surface area contributed by atoms with E-state index in [1.54, 1.807) is 13.1 Å². The number of aromatic nitrogens is 1. The summed E-state index contributed by atoms with van der Waals surface area (Å²) in [5.41, 5.74) is 0. The molecule has 0 aliphatic carbocycles. The largest absolute Gasteiger partial charge is 0.480 e. The fraction of sp³-hybridized carbons (Fsp3) is 0.500. The number of piperazine rings is 1. The number of carbonyl (C=O) groups is 1. The van der Waals surface area contributed by atoms with Gasteiger partial charge in [-0.15, -0.1) is 0 Å². The maximum Gasteiger partial charge on any atom is 0.320 e. The summed E-state index contributed by atoms with van der Waals surface area (Å²) in [6.45, 7) is 4.87. The summed E-state index contributed by atoms with van der Waals surface area (Å²) in [6.07, 6.45) is 1.78. The molecule has 98 valence electrons. The molecular weight excluding hydrogens is 298 g/mol. The third-order valence-corrected chi connectivity index (χ3v) is 3.72. The summed E-state index contributed by atoms with van der Waals surface area (Å²) >= 11 is 3.36. The van der Waals surface area contributed by atoms with Crippen LogP contribution in [0.5, 0.6) is 0 Å². The summed E-state index contributed by atoms with van der Waals surface area (Å²) in [7, 11) is 0. The first-order valence-corrected chi connectivity index (χ1v) is 6.70. The van der Waals surface area contributed by atoms with E-state index in [4.69, 9.17) is 5.11 Å². The number of nitrogens with zero attached hydrogens (tertiary/aromatic N) is 3. The van der Waals surface area contributed by atoms with E-state index in [-0.39, 0.29) is 0 Å². The fourth-order valence-corrected chi connectivity index (χ4v) is 2.28. The predicted molar refractivity (Wildman–Crippen MR) is 72.8 cm³/mol. The number of carboxylic acid groups (broad SMARTS) is 1. The topological polar surface area (TPSA) is 56.7 Å². The van der Waals surface area contributed by atoms with E-state index in [0.717, 1.165) is 36.5 Å². The quantitative estimate of drug-likeness (QED) is 0.915. The second-order valence-electron chi connectivity index (χ2n) is 4.37. The van der Waals surface area contributed by atoms with Crippen LogP contribution in [0.2, 0.25) is 0 Å². The lowest BCUT2D eigenvalue weighted by Crippen LogP contribution is -2.51. The van der Waals surface area contributed by atoms with E-state index in [0.29, 0.717) is 0 Å². The van der Waals surface area contributed by atoms with Crippen molar-refractivity contribution in [2.24, 2.45) is 0 Å². The molecule has 1 fully saturated rings. The zero-order valence-electron chi connectivity index (χ0n) is 10.2. The van der Waals surface area contributed by atoms with Gasteiger partial charge in [0, 0.05) is 36.8 Å². The van der Waals surface area contributed by atoms with Crippen molar-refractivity contribution in [1.29, 1.82) is 0 Å². The van der Waals surface area contributed by atoms with Gasteiger partial charge >= 0.3 is 5.97 Å². The number of hydrogen-bond donors (Lipinski definition) is 1. The van der Waals surface area contributed by atoms with Crippen molar-refractivity contribution >= 4 is 27.7 Å². The van der Waals surface area contributed by atoms with Crippen molar-refractivity contribution in [3.63, 3.8) is 0 Å². The number of carboxylic acids is 1. The molecule has 6 heteroatoms. The monoisotopic (exact) mass is 313 g/mol. The molecule has 0 saturated carbocycles. The van der Waals surface area contributed by atoms with Crippen LogP contribution in [0.3, 0.4) is 0 Å². The first-order chi connectivity index (χ1) is 8.58. The molecule has 1 atom stereocenters. The van der Waals surface area contributed by atoms with Gasteiger partial charge in [-0.05, 0) is 35.0 Å². The SMILES string of the molecule is CC(C(=O)O)N1CCN(c2ccc(Br)cn2)CC1. The third-order valence-electron chi connectivity index (χ3n) is 3.26. The zero-order chi connectivity index (χ0) is 13.1. The van der Waals surface area contributed by atoms with Gasteiger partial charge in [-0.3, -0.25) is 9.69 Å². The van der Waals surface area contributed by atoms with Gasteiger partial charge in [-0.1, -0.05) is 0 Å². The second-order valence-corrected chi connectivity index (χ2v) is 5.29. The Hall–Kier alpha value is -1.14. The van der Waals surface area contributed by atoms with Gasteiger partial charge in [-0.25, -0.2) is 4.98 Å². The number of anilines is 1. The number of hydrogen-bond acceptors (Lipinski definition) is 4. The minimum absolute atomic E-state index is 0.412. The van der Waals surface area contributed by atoms with E-state index in [2.05, 4.69) is 25.8 Å². The molecule has 1 aromatic rings. The van der Waals surface area contributed by atoms with Gasteiger partial charge in [-0.2, -0.15) is 0 Å². The Bertz CT molecular complexity index is 416. The zero-order valence-corrected chi connectivity index (χ0v) is 11.8. The minimum atomic E-state index is -0.759. The van der Waals surface area contributed by atoms with Crippen LogP contribution in [0, 0.1) is 0 Å². The molecule has 0 spiro atoms. The number of aliphatic carboxylic acids is 1. The molecule has 1 aliphatic heterocycles. The van der Waals surface area contributed by atoms with E-state index >= 15 is 0 Å². The Kier molecular flexibility index (Phi) is 4.19. The first kappa shape index (κ1) is 13.3. The fourth-order valence-electron chi connectivity index (χ4n) is 2.05. The lowest BCUT2D eigenvalue weighted by molar-refractivity contribution is -0.142. The molecule has 1 aromatic heterocycles. The van der Waals surface area contributed by atoms with Crippen LogP contribution >= 0.6 is 15.9 Å². The van der Waals surface area contributed by atoms with Crippen LogP contribution in [-0.4, -0.2) is 53.2 Å². The van der Waals surface area contributed by atoms with Gasteiger partial charge in [0.25, 0.3) is 0 Å². The van der Waals surface area contributed by atoms with Crippen molar-refractivity contribution < 1.29 is 9.90 Å². The Morgan fingerprint density at radius 1 is 1.39 bits per heavy atom. The number of rotatable bonds is 3. The molecule has 0 amide bonds. The standard InChI is InChI=1S/C12H16BrN3O2/c1-9(12(17)18)15-4-6-16(7-5-15)11-3-2-10(13)8-14-11/h2-3,8-9H,4-7H2,1H3,(H,17,18). The number of halogens is 1. The van der Waals surface area contributed by atoms with E-state index in [9.17, 15) is 4.79 Å². The Balaban J connectivity index is 1.94. The van der Waals surface area contributed by atoms with E-state index in [1.165, 1.54) is 0 Å². The lowest BCUT2D eigenvalue weighted by atomic mass is 10.2. The van der Waals surface area contributed by atoms with Crippen LogP contribution < -0.4 is 4.90 Å². The molecule has 1 aliphatic rings. The molecule has 0 aromatic carbocycles. The van der Waals surface area contributed by atoms with Crippen LogP contribution in [0.1, 0.15) is 6.92 Å². The minimum Gasteiger partial charge on any atom is -0.480 e. The maximum atomic E-state index is 10.9. The van der Waals surface area contributed by atoms with Crippen LogP contribution in [0.25, 0.3) is 0 Å². The summed E-state index contributed by atoms with van der Waals surface area (Å²) in [5.74, 6) is 0.186. The highest BCUT2D eigenvalue weighted by Gasteiger charge is 2.25. The van der Waals surface area contributed by atoms with Crippen molar-refractivity contribution in [2.75, 3.05) is 31.1 Å². The lowest BCUT2D eigenvalue weighted by Gasteiger charge is -2.37. The highest BCUT2D eigenvalue weighted by Crippen LogP contribution is 2.17. The molecule has 2 rings (SSSR count). The van der Waals surface area contributed by atoms with Gasteiger partial charge in [0.05, 0.1) is 0 Å². The summed E-state index contributed by atoms with van der Waals surface area (Å²) < 4.78 is 0.962. The van der Waals surface area contributed by atoms with E-state index in [1.807, 2.05) is 17.0 Å². The Morgan fingerprint density at radius 2 is 2.06 bits per heavy atom. The normalized spacial score (nSPS) is 18.7. The molecule has 0 radical (unpaired) electrons. The average molecular weight is 314 g/mol. The third kappa shape index (κ3) is 3.00. The summed E-state index contributed by atoms with van der Waals surface area (Å²) in [6, 6.07) is 3.53. The van der Waals surface area contributed by atoms with Gasteiger partial charge in [0.1, 0.15) is 11.9 Å².